The second-order valence-corrected chi connectivity index (χ2v) is 11.7. The Balaban J connectivity index is 1.77. The molecule has 11 nitrogen and oxygen atoms in total. The highest BCUT2D eigenvalue weighted by Gasteiger charge is 2.35. The Morgan fingerprint density at radius 1 is 1.29 bits per heavy atom. The van der Waals surface area contributed by atoms with Crippen LogP contribution in [0.15, 0.2) is 52.2 Å². The van der Waals surface area contributed by atoms with E-state index in [1.807, 2.05) is 0 Å². The van der Waals surface area contributed by atoms with Crippen LogP contribution in [0.4, 0.5) is 15.8 Å². The molecule has 0 aliphatic carbocycles. The maximum atomic E-state index is 13.5. The van der Waals surface area contributed by atoms with Gasteiger partial charge in [-0.05, 0) is 35.9 Å². The van der Waals surface area contributed by atoms with Crippen molar-refractivity contribution >= 4 is 51.7 Å². The van der Waals surface area contributed by atoms with E-state index in [9.17, 15) is 27.3 Å². The summed E-state index contributed by atoms with van der Waals surface area (Å²) in [4.78, 5) is 13.2. The predicted octanol–water partition coefficient (Wildman–Crippen LogP) is 2.50. The first-order valence-electron chi connectivity index (χ1n) is 9.79. The normalized spacial score (nSPS) is 17.3. The van der Waals surface area contributed by atoms with Crippen molar-refractivity contribution in [3.8, 4) is 5.75 Å². The molecular formula is C20H18ClFN5O6PS. The molecule has 35 heavy (non-hydrogen) atoms. The minimum atomic E-state index is -3.98. The number of rotatable bonds is 6. The van der Waals surface area contributed by atoms with E-state index in [1.165, 1.54) is 30.3 Å². The molecule has 0 fully saturated rings. The first kappa shape index (κ1) is 24.9. The van der Waals surface area contributed by atoms with E-state index in [2.05, 4.69) is 19.9 Å². The van der Waals surface area contributed by atoms with Crippen LogP contribution in [0.3, 0.4) is 0 Å². The zero-order valence-corrected chi connectivity index (χ0v) is 20.7. The number of aromatic hydroxyl groups is 1. The number of benzene rings is 2. The highest BCUT2D eigenvalue weighted by Crippen LogP contribution is 2.51. The van der Waals surface area contributed by atoms with Crippen molar-refractivity contribution in [1.82, 2.24) is 9.78 Å². The molecule has 0 saturated carbocycles. The molecule has 0 radical (unpaired) electrons. The summed E-state index contributed by atoms with van der Waals surface area (Å²) < 4.78 is 62.6. The number of hydrogen-bond donors (Lipinski definition) is 3. The van der Waals surface area contributed by atoms with Crippen LogP contribution in [0.2, 0.25) is 5.02 Å². The van der Waals surface area contributed by atoms with E-state index in [-0.39, 0.29) is 39.6 Å². The first-order chi connectivity index (χ1) is 16.4. The minimum absolute atomic E-state index is 0.0622. The zero-order valence-electron chi connectivity index (χ0n) is 18.2. The maximum Gasteiger partial charge on any atom is 0.348 e. The monoisotopic (exact) mass is 541 g/mol. The topological polar surface area (TPSA) is 152 Å². The number of nitrogens with zero attached hydrogens (tertiary/aromatic N) is 3. The third-order valence-electron chi connectivity index (χ3n) is 4.91. The van der Waals surface area contributed by atoms with E-state index in [1.54, 1.807) is 0 Å². The van der Waals surface area contributed by atoms with Crippen molar-refractivity contribution in [3.63, 3.8) is 0 Å². The number of aromatic nitrogens is 2. The van der Waals surface area contributed by atoms with Crippen molar-refractivity contribution < 1.29 is 27.0 Å². The fourth-order valence-corrected chi connectivity index (χ4v) is 5.66. The lowest BCUT2D eigenvalue weighted by Crippen LogP contribution is -2.34. The van der Waals surface area contributed by atoms with Gasteiger partial charge in [0.2, 0.25) is 10.0 Å². The van der Waals surface area contributed by atoms with Crippen LogP contribution >= 0.6 is 19.1 Å². The molecule has 3 aromatic rings. The lowest BCUT2D eigenvalue weighted by molar-refractivity contribution is 0.404. The summed E-state index contributed by atoms with van der Waals surface area (Å²) in [6.07, 6.45) is 1.98. The first-order valence-corrected chi connectivity index (χ1v) is 13.6. The smallest absolute Gasteiger partial charge is 0.348 e. The number of sulfonamides is 1. The molecule has 15 heteroatoms. The molecule has 1 aliphatic heterocycles. The van der Waals surface area contributed by atoms with Crippen molar-refractivity contribution in [3.05, 3.63) is 74.9 Å². The van der Waals surface area contributed by atoms with Gasteiger partial charge < -0.3 is 14.9 Å². The van der Waals surface area contributed by atoms with Crippen LogP contribution in [0.1, 0.15) is 11.1 Å². The van der Waals surface area contributed by atoms with Gasteiger partial charge in [0.25, 0.3) is 5.56 Å². The zero-order chi connectivity index (χ0) is 25.5. The number of amidine groups is 1. The SMILES string of the molecule is COP1(=O)N=C(c2c(O)cnn(Cc3ccc(F)c(Cl)c3)c2=O)Nc2ccc(NS(C)(=O)=O)cc21. The molecular weight excluding hydrogens is 524 g/mol. The van der Waals surface area contributed by atoms with Gasteiger partial charge in [0.15, 0.2) is 11.6 Å². The highest BCUT2D eigenvalue weighted by molar-refractivity contribution is 7.92. The van der Waals surface area contributed by atoms with Gasteiger partial charge >= 0.3 is 7.52 Å². The molecule has 0 bridgehead atoms. The van der Waals surface area contributed by atoms with Crippen molar-refractivity contribution in [2.24, 2.45) is 4.76 Å². The van der Waals surface area contributed by atoms with Crippen LogP contribution in [0.5, 0.6) is 5.75 Å². The van der Waals surface area contributed by atoms with Crippen LogP contribution in [-0.4, -0.2) is 42.5 Å². The van der Waals surface area contributed by atoms with Crippen molar-refractivity contribution in [2.75, 3.05) is 23.4 Å². The van der Waals surface area contributed by atoms with Gasteiger partial charge in [-0.1, -0.05) is 17.7 Å². The van der Waals surface area contributed by atoms with Gasteiger partial charge in [0, 0.05) is 12.8 Å². The average molecular weight is 542 g/mol. The summed E-state index contributed by atoms with van der Waals surface area (Å²) in [6.45, 7) is -0.0988. The lowest BCUT2D eigenvalue weighted by atomic mass is 10.2. The molecule has 0 amide bonds. The predicted molar refractivity (Wildman–Crippen MR) is 130 cm³/mol. The molecule has 1 unspecified atom stereocenters. The molecule has 0 saturated heterocycles. The van der Waals surface area contributed by atoms with E-state index in [0.717, 1.165) is 30.3 Å². The summed E-state index contributed by atoms with van der Waals surface area (Å²) in [5.74, 6) is -1.38. The van der Waals surface area contributed by atoms with E-state index in [4.69, 9.17) is 16.1 Å². The Bertz CT molecular complexity index is 1590. The molecule has 0 spiro atoms. The molecule has 2 heterocycles. The molecule has 1 atom stereocenters. The largest absolute Gasteiger partial charge is 0.505 e. The van der Waals surface area contributed by atoms with Gasteiger partial charge in [-0.3, -0.25) is 14.1 Å². The Hall–Kier alpha value is -3.25. The highest BCUT2D eigenvalue weighted by atomic mass is 35.5. The second-order valence-electron chi connectivity index (χ2n) is 7.50. The van der Waals surface area contributed by atoms with Gasteiger partial charge in [-0.2, -0.15) is 9.86 Å². The number of halogens is 2. The van der Waals surface area contributed by atoms with Crippen LogP contribution in [-0.2, 0) is 25.7 Å². The number of hydrogen-bond acceptors (Lipinski definition) is 8. The van der Waals surface area contributed by atoms with Gasteiger partial charge in [-0.25, -0.2) is 17.5 Å². The standard InChI is InChI=1S/C20H18ClFN5O6PS/c1-33-34(30)17-8-12(26-35(2,31)32)4-6-15(17)24-19(25-34)18-16(28)9-23-27(20(18)29)10-11-3-5-14(22)13(21)7-11/h3-9,26,28H,10H2,1-2H3,(H,24,25,30). The quantitative estimate of drug-likeness (QED) is 0.403. The van der Waals surface area contributed by atoms with Crippen LogP contribution in [0.25, 0.3) is 0 Å². The summed E-state index contributed by atoms with van der Waals surface area (Å²) >= 11 is 5.81. The third-order valence-corrected chi connectivity index (χ3v) is 7.75. The number of anilines is 2. The molecule has 1 aromatic heterocycles. The fraction of sp³-hybridized carbons (Fsp3) is 0.150. The lowest BCUT2D eigenvalue weighted by Gasteiger charge is -2.24. The summed E-state index contributed by atoms with van der Waals surface area (Å²) in [7, 11) is -6.43. The molecule has 4 rings (SSSR count). The minimum Gasteiger partial charge on any atom is -0.505 e. The molecule has 1 aliphatic rings. The van der Waals surface area contributed by atoms with Gasteiger partial charge in [0.05, 0.1) is 35.0 Å². The maximum absolute atomic E-state index is 13.5. The fourth-order valence-electron chi connectivity index (χ4n) is 3.36. The summed E-state index contributed by atoms with van der Waals surface area (Å²) in [6, 6.07) is 8.06. The van der Waals surface area contributed by atoms with Crippen molar-refractivity contribution in [2.45, 2.75) is 6.54 Å². The Kier molecular flexibility index (Phi) is 6.45. The van der Waals surface area contributed by atoms with E-state index in [0.29, 0.717) is 5.56 Å². The van der Waals surface area contributed by atoms with E-state index < -0.39 is 34.7 Å². The average Bonchev–Trinajstić information content (AvgIpc) is 2.78. The molecule has 2 aromatic carbocycles. The molecule has 184 valence electrons. The van der Waals surface area contributed by atoms with Crippen LogP contribution in [0, 0.1) is 5.82 Å². The van der Waals surface area contributed by atoms with Gasteiger partial charge in [-0.15, -0.1) is 0 Å². The Labute approximate surface area is 203 Å². The van der Waals surface area contributed by atoms with Gasteiger partial charge in [0.1, 0.15) is 11.4 Å². The van der Waals surface area contributed by atoms with Crippen LogP contribution < -0.4 is 20.9 Å². The van der Waals surface area contributed by atoms with Crippen molar-refractivity contribution in [1.29, 1.82) is 0 Å². The Morgan fingerprint density at radius 3 is 2.69 bits per heavy atom. The Morgan fingerprint density at radius 2 is 2.03 bits per heavy atom. The molecule has 3 N–H and O–H groups in total. The number of nitrogens with one attached hydrogen (secondary N) is 2. The number of fused-ring (bicyclic) bond motifs is 1. The second kappa shape index (κ2) is 9.08. The van der Waals surface area contributed by atoms with E-state index >= 15 is 0 Å². The summed E-state index contributed by atoms with van der Waals surface area (Å²) in [5.41, 5.74) is -0.268. The third kappa shape index (κ3) is 5.08. The summed E-state index contributed by atoms with van der Waals surface area (Å²) in [5, 5.41) is 17.1.